The molecule has 0 aliphatic rings. The Morgan fingerprint density at radius 1 is 1.03 bits per heavy atom. The molecule has 2 amide bonds. The van der Waals surface area contributed by atoms with Crippen LogP contribution in [0.1, 0.15) is 26.5 Å². The third-order valence-electron chi connectivity index (χ3n) is 4.45. The number of halogens is 1. The van der Waals surface area contributed by atoms with Gasteiger partial charge in [0.05, 0.1) is 43.0 Å². The van der Waals surface area contributed by atoms with Crippen LogP contribution in [0.5, 0.6) is 11.5 Å². The van der Waals surface area contributed by atoms with E-state index in [1.807, 2.05) is 6.07 Å². The molecular formula is C23H18ClN3O7. The SMILES string of the molecule is COc1cc(NC(=O)c2ccco2)c(C(=O)OCC(=O)Nc2cc(Cl)ccc2C#N)cc1OC. The first kappa shape index (κ1) is 24.2. The summed E-state index contributed by atoms with van der Waals surface area (Å²) in [4.78, 5) is 37.5. The second-order valence-corrected chi connectivity index (χ2v) is 7.05. The molecule has 11 heteroatoms. The highest BCUT2D eigenvalue weighted by molar-refractivity contribution is 6.31. The van der Waals surface area contributed by atoms with Crippen molar-refractivity contribution in [1.82, 2.24) is 0 Å². The molecule has 0 aliphatic carbocycles. The van der Waals surface area contributed by atoms with Crippen LogP contribution in [0.15, 0.2) is 53.1 Å². The Labute approximate surface area is 199 Å². The van der Waals surface area contributed by atoms with Gasteiger partial charge in [-0.2, -0.15) is 5.26 Å². The largest absolute Gasteiger partial charge is 0.493 e. The zero-order valence-electron chi connectivity index (χ0n) is 18.0. The van der Waals surface area contributed by atoms with E-state index in [1.54, 1.807) is 0 Å². The van der Waals surface area contributed by atoms with Crippen LogP contribution in [0, 0.1) is 11.3 Å². The summed E-state index contributed by atoms with van der Waals surface area (Å²) in [6.45, 7) is -0.671. The van der Waals surface area contributed by atoms with Crippen LogP contribution in [0.2, 0.25) is 5.02 Å². The molecule has 2 N–H and O–H groups in total. The van der Waals surface area contributed by atoms with Crippen molar-refractivity contribution in [3.63, 3.8) is 0 Å². The van der Waals surface area contributed by atoms with Gasteiger partial charge in [0, 0.05) is 17.2 Å². The average molecular weight is 484 g/mol. The number of methoxy groups -OCH3 is 2. The number of carbonyl (C=O) groups is 3. The number of ether oxygens (including phenoxy) is 3. The van der Waals surface area contributed by atoms with Crippen molar-refractivity contribution in [1.29, 1.82) is 5.26 Å². The number of furan rings is 1. The highest BCUT2D eigenvalue weighted by Gasteiger charge is 2.22. The van der Waals surface area contributed by atoms with Crippen molar-refractivity contribution in [3.05, 3.63) is 70.6 Å². The minimum absolute atomic E-state index is 0.0169. The maximum absolute atomic E-state index is 12.8. The van der Waals surface area contributed by atoms with E-state index in [0.29, 0.717) is 5.02 Å². The van der Waals surface area contributed by atoms with Gasteiger partial charge in [0.25, 0.3) is 11.8 Å². The summed E-state index contributed by atoms with van der Waals surface area (Å²) < 4.78 is 20.6. The average Bonchev–Trinajstić information content (AvgIpc) is 3.37. The van der Waals surface area contributed by atoms with Crippen molar-refractivity contribution in [2.75, 3.05) is 31.5 Å². The molecule has 0 saturated carbocycles. The quantitative estimate of drug-likeness (QED) is 0.460. The Balaban J connectivity index is 1.78. The second-order valence-electron chi connectivity index (χ2n) is 6.61. The molecule has 10 nitrogen and oxygen atoms in total. The molecule has 3 rings (SSSR count). The van der Waals surface area contributed by atoms with Crippen LogP contribution < -0.4 is 20.1 Å². The fourth-order valence-corrected chi connectivity index (χ4v) is 3.03. The first-order chi connectivity index (χ1) is 16.4. The van der Waals surface area contributed by atoms with Gasteiger partial charge in [-0.15, -0.1) is 0 Å². The number of benzene rings is 2. The Kier molecular flexibility index (Phi) is 7.74. The first-order valence-corrected chi connectivity index (χ1v) is 10.0. The Bertz CT molecular complexity index is 1270. The van der Waals surface area contributed by atoms with E-state index in [1.165, 1.54) is 62.9 Å². The van der Waals surface area contributed by atoms with Crippen LogP contribution in [-0.2, 0) is 9.53 Å². The number of rotatable bonds is 8. The van der Waals surface area contributed by atoms with Crippen molar-refractivity contribution in [2.45, 2.75) is 0 Å². The van der Waals surface area contributed by atoms with Gasteiger partial charge in [-0.1, -0.05) is 11.6 Å². The maximum atomic E-state index is 12.8. The highest BCUT2D eigenvalue weighted by atomic mass is 35.5. The maximum Gasteiger partial charge on any atom is 0.340 e. The lowest BCUT2D eigenvalue weighted by molar-refractivity contribution is -0.119. The van der Waals surface area contributed by atoms with Gasteiger partial charge in [0.2, 0.25) is 0 Å². The molecule has 1 heterocycles. The molecule has 0 radical (unpaired) electrons. The summed E-state index contributed by atoms with van der Waals surface area (Å²) in [5.41, 5.74) is 0.317. The monoisotopic (exact) mass is 483 g/mol. The summed E-state index contributed by atoms with van der Waals surface area (Å²) in [6.07, 6.45) is 1.33. The van der Waals surface area contributed by atoms with E-state index < -0.39 is 24.4 Å². The van der Waals surface area contributed by atoms with Crippen molar-refractivity contribution >= 4 is 40.8 Å². The molecule has 0 saturated heterocycles. The number of carbonyl (C=O) groups excluding carboxylic acids is 3. The summed E-state index contributed by atoms with van der Waals surface area (Å²) in [7, 11) is 2.77. The summed E-state index contributed by atoms with van der Waals surface area (Å²) in [5.74, 6) is -1.77. The number of nitrogens with zero attached hydrogens (tertiary/aromatic N) is 1. The predicted molar refractivity (Wildman–Crippen MR) is 121 cm³/mol. The smallest absolute Gasteiger partial charge is 0.340 e. The number of esters is 1. The zero-order chi connectivity index (χ0) is 24.7. The van der Waals surface area contributed by atoms with Gasteiger partial charge in [0.15, 0.2) is 23.9 Å². The normalized spacial score (nSPS) is 10.1. The summed E-state index contributed by atoms with van der Waals surface area (Å²) >= 11 is 5.90. The number of hydrogen-bond acceptors (Lipinski definition) is 8. The lowest BCUT2D eigenvalue weighted by Crippen LogP contribution is -2.22. The molecule has 0 unspecified atom stereocenters. The Hall–Kier alpha value is -4.49. The summed E-state index contributed by atoms with van der Waals surface area (Å²) in [6, 6.07) is 11.9. The van der Waals surface area contributed by atoms with E-state index in [4.69, 9.17) is 35.5 Å². The van der Waals surface area contributed by atoms with Crippen LogP contribution >= 0.6 is 11.6 Å². The summed E-state index contributed by atoms with van der Waals surface area (Å²) in [5, 5.41) is 14.5. The lowest BCUT2D eigenvalue weighted by Gasteiger charge is -2.15. The van der Waals surface area contributed by atoms with E-state index in [0.717, 1.165) is 0 Å². The standard InChI is InChI=1S/C23H18ClN3O7/c1-31-19-9-15(17(10-20(19)32-2)27-22(29)18-4-3-7-33-18)23(30)34-12-21(28)26-16-8-14(24)6-5-13(16)11-25/h3-10H,12H2,1-2H3,(H,26,28)(H,27,29). The van der Waals surface area contributed by atoms with E-state index in [-0.39, 0.29) is 39.8 Å². The highest BCUT2D eigenvalue weighted by Crippen LogP contribution is 2.34. The molecule has 174 valence electrons. The molecule has 1 aromatic heterocycles. The first-order valence-electron chi connectivity index (χ1n) is 9.63. The van der Waals surface area contributed by atoms with Gasteiger partial charge >= 0.3 is 5.97 Å². The number of hydrogen-bond donors (Lipinski definition) is 2. The molecule has 0 aliphatic heterocycles. The number of nitriles is 1. The van der Waals surface area contributed by atoms with Gasteiger partial charge in [-0.05, 0) is 30.3 Å². The second kappa shape index (κ2) is 10.9. The van der Waals surface area contributed by atoms with Crippen molar-refractivity contribution < 1.29 is 33.0 Å². The number of nitrogens with one attached hydrogen (secondary N) is 2. The van der Waals surface area contributed by atoms with Crippen molar-refractivity contribution in [2.24, 2.45) is 0 Å². The fourth-order valence-electron chi connectivity index (χ4n) is 2.86. The topological polar surface area (TPSA) is 140 Å². The molecule has 0 atom stereocenters. The Morgan fingerprint density at radius 2 is 1.76 bits per heavy atom. The predicted octanol–water partition coefficient (Wildman–Crippen LogP) is 3.87. The Morgan fingerprint density at radius 3 is 2.41 bits per heavy atom. The molecule has 0 spiro atoms. The third kappa shape index (κ3) is 5.65. The van der Waals surface area contributed by atoms with Crippen LogP contribution in [0.25, 0.3) is 0 Å². The van der Waals surface area contributed by atoms with E-state index in [9.17, 15) is 14.4 Å². The van der Waals surface area contributed by atoms with Gasteiger partial charge < -0.3 is 29.3 Å². The van der Waals surface area contributed by atoms with Crippen molar-refractivity contribution in [3.8, 4) is 17.6 Å². The van der Waals surface area contributed by atoms with Crippen LogP contribution in [0.4, 0.5) is 11.4 Å². The van der Waals surface area contributed by atoms with Gasteiger partial charge in [-0.25, -0.2) is 4.79 Å². The lowest BCUT2D eigenvalue weighted by atomic mass is 10.1. The third-order valence-corrected chi connectivity index (χ3v) is 4.68. The van der Waals surface area contributed by atoms with Gasteiger partial charge in [0.1, 0.15) is 6.07 Å². The van der Waals surface area contributed by atoms with Crippen LogP contribution in [-0.4, -0.2) is 38.6 Å². The minimum atomic E-state index is -0.919. The van der Waals surface area contributed by atoms with Gasteiger partial charge in [-0.3, -0.25) is 9.59 Å². The van der Waals surface area contributed by atoms with E-state index >= 15 is 0 Å². The molecule has 0 bridgehead atoms. The molecule has 34 heavy (non-hydrogen) atoms. The molecule has 2 aromatic carbocycles. The number of amides is 2. The molecule has 3 aromatic rings. The zero-order valence-corrected chi connectivity index (χ0v) is 18.8. The fraction of sp³-hybridized carbons (Fsp3) is 0.130. The molecular weight excluding hydrogens is 466 g/mol. The molecule has 0 fully saturated rings. The minimum Gasteiger partial charge on any atom is -0.493 e. The number of anilines is 2. The van der Waals surface area contributed by atoms with Crippen LogP contribution in [0.3, 0.4) is 0 Å². The van der Waals surface area contributed by atoms with E-state index in [2.05, 4.69) is 10.6 Å².